The fraction of sp³-hybridized carbons (Fsp3) is 0.100. The van der Waals surface area contributed by atoms with Gasteiger partial charge in [-0.2, -0.15) is 0 Å². The van der Waals surface area contributed by atoms with Crippen molar-refractivity contribution in [3.63, 3.8) is 0 Å². The number of hydrogen-bond acceptors (Lipinski definition) is 1. The molecule has 0 saturated carbocycles. The lowest BCUT2D eigenvalue weighted by Crippen LogP contribution is -2.14. The maximum Gasteiger partial charge on any atom is 0.285 e. The fourth-order valence-electron chi connectivity index (χ4n) is 1.30. The summed E-state index contributed by atoms with van der Waals surface area (Å²) in [6, 6.07) is 7.53. The Labute approximate surface area is 103 Å². The molecular weight excluding hydrogens is 324 g/mol. The van der Waals surface area contributed by atoms with Gasteiger partial charge in [0.25, 0.3) is 5.56 Å². The molecule has 0 radical (unpaired) electrons. The summed E-state index contributed by atoms with van der Waals surface area (Å²) in [7, 11) is 0. The highest BCUT2D eigenvalue weighted by molar-refractivity contribution is 9.10. The number of nitrogens with zero attached hydrogens (tertiary/aromatic N) is 1. The van der Waals surface area contributed by atoms with E-state index in [0.717, 1.165) is 15.9 Å². The van der Waals surface area contributed by atoms with E-state index in [9.17, 15) is 4.79 Å². The number of H-pyrrole nitrogens is 1. The van der Waals surface area contributed by atoms with Crippen molar-refractivity contribution in [2.24, 2.45) is 0 Å². The second kappa shape index (κ2) is 3.98. The van der Waals surface area contributed by atoms with E-state index >= 15 is 0 Å². The van der Waals surface area contributed by atoms with Crippen molar-refractivity contribution in [2.45, 2.75) is 6.92 Å². The van der Waals surface area contributed by atoms with Crippen molar-refractivity contribution in [3.8, 4) is 5.69 Å². The maximum atomic E-state index is 11.7. The zero-order valence-electron chi connectivity index (χ0n) is 7.92. The first-order valence-electron chi connectivity index (χ1n) is 4.32. The van der Waals surface area contributed by atoms with E-state index in [4.69, 9.17) is 0 Å². The van der Waals surface area contributed by atoms with Crippen LogP contribution in [0.15, 0.2) is 38.0 Å². The van der Waals surface area contributed by atoms with E-state index in [2.05, 4.69) is 37.0 Å². The van der Waals surface area contributed by atoms with Crippen LogP contribution in [0.1, 0.15) is 5.69 Å². The summed E-state index contributed by atoms with van der Waals surface area (Å²) in [6.07, 6.45) is 0. The number of rotatable bonds is 1. The Balaban J connectivity index is 2.59. The first-order valence-corrected chi connectivity index (χ1v) is 5.91. The van der Waals surface area contributed by atoms with Gasteiger partial charge in [0.05, 0.1) is 5.69 Å². The molecule has 1 aromatic carbocycles. The summed E-state index contributed by atoms with van der Waals surface area (Å²) in [4.78, 5) is 11.7. The van der Waals surface area contributed by atoms with Gasteiger partial charge in [0.15, 0.2) is 0 Å². The first kappa shape index (κ1) is 10.7. The van der Waals surface area contributed by atoms with E-state index < -0.39 is 0 Å². The van der Waals surface area contributed by atoms with Crippen LogP contribution in [0.4, 0.5) is 0 Å². The van der Waals surface area contributed by atoms with Gasteiger partial charge in [0.2, 0.25) is 0 Å². The zero-order valence-corrected chi connectivity index (χ0v) is 11.1. The number of aryl methyl sites for hydroxylation is 1. The number of nitrogens with one attached hydrogen (secondary N) is 1. The molecule has 0 fully saturated rings. The highest BCUT2D eigenvalue weighted by Gasteiger charge is 2.08. The van der Waals surface area contributed by atoms with Crippen molar-refractivity contribution in [3.05, 3.63) is 49.3 Å². The molecule has 0 amide bonds. The third kappa shape index (κ3) is 1.94. The molecule has 1 aromatic heterocycles. The molecule has 3 nitrogen and oxygen atoms in total. The Morgan fingerprint density at radius 3 is 2.27 bits per heavy atom. The largest absolute Gasteiger partial charge is 0.294 e. The van der Waals surface area contributed by atoms with Gasteiger partial charge >= 0.3 is 0 Å². The zero-order chi connectivity index (χ0) is 11.0. The number of aromatic nitrogens is 2. The fourth-order valence-corrected chi connectivity index (χ4v) is 1.83. The highest BCUT2D eigenvalue weighted by Crippen LogP contribution is 2.14. The van der Waals surface area contributed by atoms with E-state index in [-0.39, 0.29) is 5.56 Å². The molecule has 78 valence electrons. The normalized spacial score (nSPS) is 10.6. The molecule has 0 unspecified atom stereocenters. The molecule has 0 saturated heterocycles. The van der Waals surface area contributed by atoms with Gasteiger partial charge in [0, 0.05) is 10.2 Å². The van der Waals surface area contributed by atoms with Gasteiger partial charge in [-0.3, -0.25) is 9.89 Å². The van der Waals surface area contributed by atoms with Crippen LogP contribution in [-0.2, 0) is 0 Å². The topological polar surface area (TPSA) is 37.8 Å². The number of hydrogen-bond donors (Lipinski definition) is 1. The molecule has 2 rings (SSSR count). The molecule has 15 heavy (non-hydrogen) atoms. The molecule has 2 aromatic rings. The van der Waals surface area contributed by atoms with Gasteiger partial charge in [-0.15, -0.1) is 0 Å². The second-order valence-corrected chi connectivity index (χ2v) is 4.88. The van der Waals surface area contributed by atoms with Crippen LogP contribution >= 0.6 is 31.9 Å². The predicted molar refractivity (Wildman–Crippen MR) is 66.5 cm³/mol. The van der Waals surface area contributed by atoms with E-state index in [1.807, 2.05) is 31.2 Å². The summed E-state index contributed by atoms with van der Waals surface area (Å²) >= 11 is 6.59. The van der Waals surface area contributed by atoms with Crippen LogP contribution in [0.3, 0.4) is 0 Å². The predicted octanol–water partition coefficient (Wildman–Crippen LogP) is 3.00. The molecule has 0 bridgehead atoms. The molecule has 1 heterocycles. The highest BCUT2D eigenvalue weighted by atomic mass is 79.9. The smallest absolute Gasteiger partial charge is 0.285 e. The molecular formula is C10H8Br2N2O. The molecule has 0 atom stereocenters. The minimum Gasteiger partial charge on any atom is -0.294 e. The van der Waals surface area contributed by atoms with Crippen molar-refractivity contribution < 1.29 is 0 Å². The summed E-state index contributed by atoms with van der Waals surface area (Å²) in [5.74, 6) is 0. The molecule has 0 spiro atoms. The van der Waals surface area contributed by atoms with Crippen LogP contribution < -0.4 is 5.56 Å². The lowest BCUT2D eigenvalue weighted by molar-refractivity contribution is 0.835. The molecule has 0 aliphatic heterocycles. The van der Waals surface area contributed by atoms with Gasteiger partial charge in [0.1, 0.15) is 4.47 Å². The van der Waals surface area contributed by atoms with Crippen LogP contribution in [-0.4, -0.2) is 9.78 Å². The van der Waals surface area contributed by atoms with Gasteiger partial charge < -0.3 is 0 Å². The number of aromatic amines is 1. The van der Waals surface area contributed by atoms with E-state index in [1.54, 1.807) is 0 Å². The minimum atomic E-state index is -0.0742. The Morgan fingerprint density at radius 1 is 1.20 bits per heavy atom. The molecule has 1 N–H and O–H groups in total. The third-order valence-corrected chi connectivity index (χ3v) is 3.55. The number of benzene rings is 1. The van der Waals surface area contributed by atoms with Crippen molar-refractivity contribution in [1.29, 1.82) is 0 Å². The second-order valence-electron chi connectivity index (χ2n) is 3.17. The Bertz CT molecular complexity index is 540. The summed E-state index contributed by atoms with van der Waals surface area (Å²) in [6.45, 7) is 1.85. The minimum absolute atomic E-state index is 0.0742. The summed E-state index contributed by atoms with van der Waals surface area (Å²) in [5.41, 5.74) is 1.56. The average Bonchev–Trinajstić information content (AvgIpc) is 2.47. The van der Waals surface area contributed by atoms with Crippen molar-refractivity contribution >= 4 is 31.9 Å². The lowest BCUT2D eigenvalue weighted by Gasteiger charge is -2.00. The first-order chi connectivity index (χ1) is 7.09. The van der Waals surface area contributed by atoms with Gasteiger partial charge in [-0.1, -0.05) is 15.9 Å². The molecule has 0 aliphatic rings. The maximum absolute atomic E-state index is 11.7. The quantitative estimate of drug-likeness (QED) is 0.857. The Kier molecular flexibility index (Phi) is 2.84. The Hall–Kier alpha value is -0.810. The SMILES string of the molecule is Cc1[nH]n(-c2ccc(Br)cc2)c(=O)c1Br. The van der Waals surface area contributed by atoms with Crippen LogP contribution in [0, 0.1) is 6.92 Å². The Morgan fingerprint density at radius 2 is 1.80 bits per heavy atom. The van der Waals surface area contributed by atoms with Crippen LogP contribution in [0.2, 0.25) is 0 Å². The van der Waals surface area contributed by atoms with Crippen LogP contribution in [0.25, 0.3) is 5.69 Å². The summed E-state index contributed by atoms with van der Waals surface area (Å²) < 4.78 is 3.07. The third-order valence-electron chi connectivity index (χ3n) is 2.08. The van der Waals surface area contributed by atoms with Crippen molar-refractivity contribution in [1.82, 2.24) is 9.78 Å². The van der Waals surface area contributed by atoms with E-state index in [0.29, 0.717) is 4.47 Å². The number of halogens is 2. The van der Waals surface area contributed by atoms with Crippen LogP contribution in [0.5, 0.6) is 0 Å². The average molecular weight is 332 g/mol. The van der Waals surface area contributed by atoms with Crippen molar-refractivity contribution in [2.75, 3.05) is 0 Å². The van der Waals surface area contributed by atoms with Gasteiger partial charge in [-0.05, 0) is 47.1 Å². The van der Waals surface area contributed by atoms with Gasteiger partial charge in [-0.25, -0.2) is 4.68 Å². The summed E-state index contributed by atoms with van der Waals surface area (Å²) in [5, 5.41) is 2.99. The monoisotopic (exact) mass is 330 g/mol. The lowest BCUT2D eigenvalue weighted by atomic mass is 10.3. The standard InChI is InChI=1S/C10H8Br2N2O/c1-6-9(12)10(15)14(13-6)8-4-2-7(11)3-5-8/h2-5,13H,1H3. The molecule has 5 heteroatoms. The molecule has 0 aliphatic carbocycles. The van der Waals surface area contributed by atoms with E-state index in [1.165, 1.54) is 4.68 Å².